The molecule has 2 aromatic carbocycles. The third-order valence-electron chi connectivity index (χ3n) is 2.15. The summed E-state index contributed by atoms with van der Waals surface area (Å²) >= 11 is 0. The zero-order chi connectivity index (χ0) is 12.0. The molecule has 0 aromatic heterocycles. The third kappa shape index (κ3) is 26.6. The second-order valence-corrected chi connectivity index (χ2v) is 3.76. The zero-order valence-corrected chi connectivity index (χ0v) is 40.8. The van der Waals surface area contributed by atoms with Crippen LogP contribution < -0.4 is 0 Å². The molecule has 2 aromatic rings. The SMILES string of the molecule is CCC.Cc1cc2cc[c-]cc2cc1C#N.[Y].[Y].[Y].[Y].[Y].[Y].[Y].[Y].[Y]. The molecule has 2 rings (SSSR count). The van der Waals surface area contributed by atoms with Gasteiger partial charge in [0.25, 0.3) is 0 Å². The molecule has 10 heteroatoms. The van der Waals surface area contributed by atoms with E-state index in [1.54, 1.807) is 0 Å². The van der Waals surface area contributed by atoms with Gasteiger partial charge >= 0.3 is 0 Å². The minimum atomic E-state index is 0. The quantitative estimate of drug-likeness (QED) is 0.364. The largest absolute Gasteiger partial charge is 0.192 e. The summed E-state index contributed by atoms with van der Waals surface area (Å²) < 4.78 is 0. The van der Waals surface area contributed by atoms with Crippen LogP contribution >= 0.6 is 0 Å². The van der Waals surface area contributed by atoms with E-state index < -0.39 is 0 Å². The first-order chi connectivity index (χ1) is 7.72. The summed E-state index contributed by atoms with van der Waals surface area (Å²) in [5.74, 6) is 0. The summed E-state index contributed by atoms with van der Waals surface area (Å²) in [6, 6.07) is 14.9. The van der Waals surface area contributed by atoms with Crippen LogP contribution in [0.25, 0.3) is 10.8 Å². The summed E-state index contributed by atoms with van der Waals surface area (Å²) in [6.45, 7) is 6.20. The molecule has 109 valence electrons. The van der Waals surface area contributed by atoms with E-state index in [1.165, 1.54) is 6.42 Å². The maximum absolute atomic E-state index is 8.82. The van der Waals surface area contributed by atoms with Gasteiger partial charge in [-0.1, -0.05) is 32.4 Å². The van der Waals surface area contributed by atoms with Crippen LogP contribution in [-0.4, -0.2) is 0 Å². The summed E-state index contributed by atoms with van der Waals surface area (Å²) in [5, 5.41) is 11.1. The third-order valence-corrected chi connectivity index (χ3v) is 2.15. The van der Waals surface area contributed by atoms with Crippen molar-refractivity contribution >= 4 is 10.8 Å². The van der Waals surface area contributed by atoms with E-state index in [0.29, 0.717) is 0 Å². The van der Waals surface area contributed by atoms with Gasteiger partial charge in [0.1, 0.15) is 0 Å². The molecule has 0 spiro atoms. The fraction of sp³-hybridized carbons (Fsp3) is 0.267. The van der Waals surface area contributed by atoms with E-state index in [4.69, 9.17) is 5.26 Å². The van der Waals surface area contributed by atoms with E-state index in [-0.39, 0.29) is 294 Å². The standard InChI is InChI=1S/C12H8N.C3H8.9Y/c1-9-6-10-4-2-3-5-11(10)7-12(9)8-13;1-3-2;;;;;;;;;/h2,4-7H,1H3;3H2,1-2H3;;;;;;;;;/q-1;;;;;;;;;;. The Hall–Kier alpha value is 8.13. The molecule has 25 heavy (non-hydrogen) atoms. The Balaban J connectivity index is -0.0000000287. The van der Waals surface area contributed by atoms with Gasteiger partial charge in [-0.15, -0.1) is 10.8 Å². The average Bonchev–Trinajstić information content (AvgIpc) is 2.29. The van der Waals surface area contributed by atoms with Crippen molar-refractivity contribution in [3.05, 3.63) is 47.5 Å². The van der Waals surface area contributed by atoms with Gasteiger partial charge in [0, 0.05) is 300 Å². The van der Waals surface area contributed by atoms with Crippen LogP contribution in [0.15, 0.2) is 30.3 Å². The smallest absolute Gasteiger partial charge is 0.0983 e. The van der Waals surface area contributed by atoms with Gasteiger partial charge in [-0.2, -0.15) is 29.5 Å². The van der Waals surface area contributed by atoms with Crippen LogP contribution in [0, 0.1) is 24.3 Å². The van der Waals surface area contributed by atoms with Gasteiger partial charge in [0.15, 0.2) is 0 Å². The fourth-order valence-corrected chi connectivity index (χ4v) is 1.41. The number of hydrogen-bond acceptors (Lipinski definition) is 1. The molecule has 0 heterocycles. The minimum absolute atomic E-state index is 0. The molecule has 0 amide bonds. The Kier molecular flexibility index (Phi) is 92.4. The number of benzene rings is 2. The van der Waals surface area contributed by atoms with Gasteiger partial charge in [0.2, 0.25) is 0 Å². The van der Waals surface area contributed by atoms with E-state index in [0.717, 1.165) is 21.9 Å². The van der Waals surface area contributed by atoms with E-state index in [1.807, 2.05) is 37.3 Å². The molecule has 0 saturated heterocycles. The van der Waals surface area contributed by atoms with Crippen LogP contribution in [0.2, 0.25) is 0 Å². The van der Waals surface area contributed by atoms with E-state index in [9.17, 15) is 0 Å². The number of nitriles is 1. The monoisotopic (exact) mass is 1010 g/mol. The maximum Gasteiger partial charge on any atom is 0.0983 e. The maximum atomic E-state index is 8.82. The van der Waals surface area contributed by atoms with Crippen molar-refractivity contribution in [2.45, 2.75) is 27.2 Å². The topological polar surface area (TPSA) is 23.8 Å². The van der Waals surface area contributed by atoms with Crippen molar-refractivity contribution in [3.8, 4) is 6.07 Å². The summed E-state index contributed by atoms with van der Waals surface area (Å²) in [6.07, 6.45) is 1.25. The molecule has 0 aliphatic rings. The molecule has 0 fully saturated rings. The summed E-state index contributed by atoms with van der Waals surface area (Å²) in [5.41, 5.74) is 1.77. The van der Waals surface area contributed by atoms with Crippen molar-refractivity contribution in [2.75, 3.05) is 0 Å². The Morgan fingerprint density at radius 1 is 0.840 bits per heavy atom. The minimum Gasteiger partial charge on any atom is -0.192 e. The van der Waals surface area contributed by atoms with Gasteiger partial charge in [-0.3, -0.25) is 0 Å². The molecule has 0 bridgehead atoms. The predicted octanol–water partition coefficient (Wildman–Crippen LogP) is 4.21. The van der Waals surface area contributed by atoms with Crippen LogP contribution in [0.5, 0.6) is 0 Å². The van der Waals surface area contributed by atoms with Crippen LogP contribution in [-0.2, 0) is 294 Å². The van der Waals surface area contributed by atoms with Gasteiger partial charge in [0.05, 0.1) is 6.07 Å². The van der Waals surface area contributed by atoms with Gasteiger partial charge < -0.3 is 0 Å². The molecule has 0 saturated carbocycles. The number of aryl methyl sites for hydroxylation is 1. The molecule has 0 atom stereocenters. The van der Waals surface area contributed by atoms with Crippen molar-refractivity contribution in [2.24, 2.45) is 0 Å². The number of nitrogens with zero attached hydrogens (tertiary/aromatic N) is 1. The second kappa shape index (κ2) is 39.3. The summed E-state index contributed by atoms with van der Waals surface area (Å²) in [4.78, 5) is 0. The molecular formula is C15H16NY9-. The molecular weight excluding hydrogens is 994 g/mol. The predicted molar refractivity (Wildman–Crippen MR) is 68.2 cm³/mol. The Bertz CT molecular complexity index is 530. The van der Waals surface area contributed by atoms with Gasteiger partial charge in [-0.25, -0.2) is 0 Å². The van der Waals surface area contributed by atoms with Crippen molar-refractivity contribution in [3.63, 3.8) is 0 Å². The van der Waals surface area contributed by atoms with Gasteiger partial charge in [-0.05, 0) is 12.5 Å². The van der Waals surface area contributed by atoms with Crippen LogP contribution in [0.3, 0.4) is 0 Å². The summed E-state index contributed by atoms with van der Waals surface area (Å²) in [7, 11) is 0. The Morgan fingerprint density at radius 3 is 1.68 bits per heavy atom. The first-order valence-corrected chi connectivity index (χ1v) is 5.53. The Labute approximate surface area is 380 Å². The number of fused-ring (bicyclic) bond motifs is 1. The van der Waals surface area contributed by atoms with Crippen molar-refractivity contribution in [1.29, 1.82) is 5.26 Å². The molecule has 0 aliphatic heterocycles. The molecule has 0 N–H and O–H groups in total. The first kappa shape index (κ1) is 58.7. The second-order valence-electron chi connectivity index (χ2n) is 3.76. The Morgan fingerprint density at radius 2 is 1.28 bits per heavy atom. The number of rotatable bonds is 0. The van der Waals surface area contributed by atoms with Crippen molar-refractivity contribution < 1.29 is 294 Å². The van der Waals surface area contributed by atoms with Crippen molar-refractivity contribution in [1.82, 2.24) is 0 Å². The normalized spacial score (nSPS) is 5.84. The fourth-order valence-electron chi connectivity index (χ4n) is 1.41. The molecule has 0 aliphatic carbocycles. The molecule has 9 radical (unpaired) electrons. The van der Waals surface area contributed by atoms with E-state index in [2.05, 4.69) is 26.0 Å². The first-order valence-electron chi connectivity index (χ1n) is 5.53. The van der Waals surface area contributed by atoms with Crippen LogP contribution in [0.1, 0.15) is 31.4 Å². The molecule has 0 unspecified atom stereocenters. The number of hydrogen-bond donors (Lipinski definition) is 0. The molecule has 1 nitrogen and oxygen atoms in total. The average molecular weight is 1010 g/mol. The van der Waals surface area contributed by atoms with Crippen LogP contribution in [0.4, 0.5) is 0 Å². The van der Waals surface area contributed by atoms with E-state index >= 15 is 0 Å². The zero-order valence-electron chi connectivity index (χ0n) is 15.2.